The summed E-state index contributed by atoms with van der Waals surface area (Å²) in [6, 6.07) is 3.03. The maximum atomic E-state index is 13.8. The van der Waals surface area contributed by atoms with Crippen LogP contribution >= 0.6 is 0 Å². The number of carbonyl (C=O) groups excluding carboxylic acids is 2. The summed E-state index contributed by atoms with van der Waals surface area (Å²) in [6.45, 7) is 4.61. The van der Waals surface area contributed by atoms with E-state index in [1.807, 2.05) is 13.8 Å². The maximum absolute atomic E-state index is 13.8. The molecule has 2 amide bonds. The average Bonchev–Trinajstić information content (AvgIpc) is 2.73. The number of nitrogens with one attached hydrogen (secondary N) is 1. The Kier molecular flexibility index (Phi) is 6.72. The van der Waals surface area contributed by atoms with Crippen molar-refractivity contribution in [2.75, 3.05) is 13.7 Å². The molecule has 31 heavy (non-hydrogen) atoms. The highest BCUT2D eigenvalue weighted by molar-refractivity contribution is 5.99. The van der Waals surface area contributed by atoms with E-state index < -0.39 is 23.0 Å². The summed E-state index contributed by atoms with van der Waals surface area (Å²) in [5.41, 5.74) is -0.742. The van der Waals surface area contributed by atoms with E-state index in [0.29, 0.717) is 13.1 Å². The molecule has 0 aliphatic carbocycles. The van der Waals surface area contributed by atoms with Crippen molar-refractivity contribution in [3.8, 4) is 5.75 Å². The van der Waals surface area contributed by atoms with Gasteiger partial charge >= 0.3 is 0 Å². The number of fused-ring (bicyclic) bond motifs is 1. The van der Waals surface area contributed by atoms with E-state index >= 15 is 0 Å². The third-order valence-corrected chi connectivity index (χ3v) is 5.43. The zero-order valence-electron chi connectivity index (χ0n) is 17.7. The van der Waals surface area contributed by atoms with Crippen LogP contribution in [0.5, 0.6) is 5.75 Å². The fourth-order valence-corrected chi connectivity index (χ4v) is 3.77. The van der Waals surface area contributed by atoms with E-state index in [4.69, 9.17) is 4.74 Å². The zero-order chi connectivity index (χ0) is 22.7. The van der Waals surface area contributed by atoms with Crippen molar-refractivity contribution in [1.29, 1.82) is 0 Å². The van der Waals surface area contributed by atoms with Crippen LogP contribution in [0.3, 0.4) is 0 Å². The number of aromatic nitrogens is 1. The Bertz CT molecular complexity index is 1070. The molecule has 2 aromatic rings. The molecule has 3 rings (SSSR count). The minimum atomic E-state index is -0.799. The first-order chi connectivity index (χ1) is 14.8. The Labute approximate surface area is 178 Å². The smallest absolute Gasteiger partial charge is 0.274 e. The predicted molar refractivity (Wildman–Crippen MR) is 110 cm³/mol. The highest BCUT2D eigenvalue weighted by Gasteiger charge is 2.33. The summed E-state index contributed by atoms with van der Waals surface area (Å²) >= 11 is 0. The van der Waals surface area contributed by atoms with Gasteiger partial charge in [0.1, 0.15) is 17.2 Å². The molecular weight excluding hydrogens is 408 g/mol. The van der Waals surface area contributed by atoms with Gasteiger partial charge in [0.25, 0.3) is 11.8 Å². The van der Waals surface area contributed by atoms with Gasteiger partial charge in [-0.3, -0.25) is 14.4 Å². The largest absolute Gasteiger partial charge is 0.491 e. The summed E-state index contributed by atoms with van der Waals surface area (Å²) in [5, 5.41) is 2.46. The van der Waals surface area contributed by atoms with Crippen molar-refractivity contribution in [2.24, 2.45) is 0 Å². The van der Waals surface area contributed by atoms with Crippen molar-refractivity contribution in [3.05, 3.63) is 63.1 Å². The van der Waals surface area contributed by atoms with E-state index in [1.54, 1.807) is 9.47 Å². The van der Waals surface area contributed by atoms with Crippen molar-refractivity contribution in [2.45, 2.75) is 45.8 Å². The molecule has 1 unspecified atom stereocenters. The van der Waals surface area contributed by atoms with Crippen LogP contribution in [0.1, 0.15) is 53.1 Å². The molecule has 0 saturated heterocycles. The summed E-state index contributed by atoms with van der Waals surface area (Å²) in [6.07, 6.45) is 3.08. The second-order valence-electron chi connectivity index (χ2n) is 7.50. The molecule has 0 bridgehead atoms. The molecule has 7 nitrogen and oxygen atoms in total. The van der Waals surface area contributed by atoms with Crippen LogP contribution in [0.15, 0.2) is 29.2 Å². The van der Waals surface area contributed by atoms with Crippen LogP contribution in [-0.4, -0.2) is 41.0 Å². The lowest BCUT2D eigenvalue weighted by molar-refractivity contribution is 0.0615. The fraction of sp³-hybridized carbons (Fsp3) is 0.409. The molecule has 1 N–H and O–H groups in total. The van der Waals surface area contributed by atoms with Crippen molar-refractivity contribution in [3.63, 3.8) is 0 Å². The van der Waals surface area contributed by atoms with E-state index in [-0.39, 0.29) is 41.1 Å². The molecule has 0 fully saturated rings. The SMILES string of the molecule is CCCC(C)N1CCn2cc(C(=O)NCc3ccc(F)cc3F)c(=O)c(OC)c2C1=O. The van der Waals surface area contributed by atoms with Gasteiger partial charge in [0.15, 0.2) is 11.4 Å². The second kappa shape index (κ2) is 9.28. The average molecular weight is 433 g/mol. The first-order valence-electron chi connectivity index (χ1n) is 10.1. The number of halogens is 2. The molecule has 9 heteroatoms. The molecular formula is C22H25F2N3O4. The van der Waals surface area contributed by atoms with Gasteiger partial charge in [-0.2, -0.15) is 0 Å². The number of carbonyl (C=O) groups is 2. The van der Waals surface area contributed by atoms with Gasteiger partial charge in [-0.25, -0.2) is 8.78 Å². The molecule has 1 aromatic carbocycles. The second-order valence-corrected chi connectivity index (χ2v) is 7.50. The number of hydrogen-bond donors (Lipinski definition) is 1. The van der Waals surface area contributed by atoms with E-state index in [2.05, 4.69) is 5.32 Å². The molecule has 1 atom stereocenters. The Morgan fingerprint density at radius 1 is 1.26 bits per heavy atom. The number of rotatable bonds is 7. The van der Waals surface area contributed by atoms with Gasteiger partial charge in [0.2, 0.25) is 5.43 Å². The summed E-state index contributed by atoms with van der Waals surface area (Å²) in [7, 11) is 1.27. The summed E-state index contributed by atoms with van der Waals surface area (Å²) in [5.74, 6) is -2.78. The standard InChI is InChI=1S/C22H25F2N3O4/c1-4-5-13(2)27-9-8-26-12-16(19(28)20(31-3)18(26)22(27)30)21(29)25-11-14-6-7-15(23)10-17(14)24/h6-7,10,12-13H,4-5,8-9,11H2,1-3H3,(H,25,29). The molecule has 0 radical (unpaired) electrons. The topological polar surface area (TPSA) is 80.6 Å². The van der Waals surface area contributed by atoms with Gasteiger partial charge in [-0.1, -0.05) is 19.4 Å². The molecule has 0 spiro atoms. The third-order valence-electron chi connectivity index (χ3n) is 5.43. The number of ether oxygens (including phenoxy) is 1. The number of benzene rings is 1. The molecule has 0 saturated carbocycles. The van der Waals surface area contributed by atoms with Crippen LogP contribution in [0.25, 0.3) is 0 Å². The number of methoxy groups -OCH3 is 1. The Hall–Kier alpha value is -3.23. The number of amides is 2. The quantitative estimate of drug-likeness (QED) is 0.728. The van der Waals surface area contributed by atoms with Crippen LogP contribution in [0, 0.1) is 11.6 Å². The lowest BCUT2D eigenvalue weighted by Gasteiger charge is -2.35. The predicted octanol–water partition coefficient (Wildman–Crippen LogP) is 2.71. The van der Waals surface area contributed by atoms with Gasteiger partial charge in [0.05, 0.1) is 7.11 Å². The zero-order valence-corrected chi connectivity index (χ0v) is 17.7. The number of nitrogens with zero attached hydrogens (tertiary/aromatic N) is 2. The molecule has 1 aromatic heterocycles. The maximum Gasteiger partial charge on any atom is 0.274 e. The molecule has 1 aliphatic rings. The normalized spacial score (nSPS) is 14.2. The fourth-order valence-electron chi connectivity index (χ4n) is 3.77. The first-order valence-corrected chi connectivity index (χ1v) is 10.1. The minimum Gasteiger partial charge on any atom is -0.491 e. The van der Waals surface area contributed by atoms with Gasteiger partial charge in [-0.15, -0.1) is 0 Å². The van der Waals surface area contributed by atoms with E-state index in [1.165, 1.54) is 19.4 Å². The monoisotopic (exact) mass is 433 g/mol. The van der Waals surface area contributed by atoms with E-state index in [0.717, 1.165) is 25.0 Å². The lowest BCUT2D eigenvalue weighted by Crippen LogP contribution is -2.47. The third kappa shape index (κ3) is 4.45. The van der Waals surface area contributed by atoms with Crippen LogP contribution < -0.4 is 15.5 Å². The van der Waals surface area contributed by atoms with Crippen LogP contribution in [-0.2, 0) is 13.1 Å². The highest BCUT2D eigenvalue weighted by atomic mass is 19.1. The van der Waals surface area contributed by atoms with Crippen LogP contribution in [0.4, 0.5) is 8.78 Å². The van der Waals surface area contributed by atoms with E-state index in [9.17, 15) is 23.2 Å². The minimum absolute atomic E-state index is 0.0136. The van der Waals surface area contributed by atoms with Crippen molar-refractivity contribution in [1.82, 2.24) is 14.8 Å². The lowest BCUT2D eigenvalue weighted by atomic mass is 10.1. The highest BCUT2D eigenvalue weighted by Crippen LogP contribution is 2.24. The molecule has 166 valence electrons. The number of pyridine rings is 1. The van der Waals surface area contributed by atoms with Crippen molar-refractivity contribution < 1.29 is 23.1 Å². The Balaban J connectivity index is 1.89. The summed E-state index contributed by atoms with van der Waals surface area (Å²) in [4.78, 5) is 40.3. The Morgan fingerprint density at radius 2 is 2.00 bits per heavy atom. The molecule has 2 heterocycles. The first kappa shape index (κ1) is 22.5. The van der Waals surface area contributed by atoms with Crippen molar-refractivity contribution >= 4 is 11.8 Å². The molecule has 1 aliphatic heterocycles. The summed E-state index contributed by atoms with van der Waals surface area (Å²) < 4.78 is 33.6. The van der Waals surface area contributed by atoms with Gasteiger partial charge in [0, 0.05) is 43.5 Å². The number of hydrogen-bond acceptors (Lipinski definition) is 4. The van der Waals surface area contributed by atoms with Crippen LogP contribution in [0.2, 0.25) is 0 Å². The van der Waals surface area contributed by atoms with Gasteiger partial charge in [-0.05, 0) is 19.4 Å². The van der Waals surface area contributed by atoms with Gasteiger partial charge < -0.3 is 19.5 Å². The Morgan fingerprint density at radius 3 is 2.65 bits per heavy atom.